The Bertz CT molecular complexity index is 689. The van der Waals surface area contributed by atoms with E-state index in [0.717, 1.165) is 31.0 Å². The van der Waals surface area contributed by atoms with Crippen LogP contribution in [0.4, 0.5) is 22.9 Å². The lowest BCUT2D eigenvalue weighted by atomic mass is 10.0. The lowest BCUT2D eigenvalue weighted by molar-refractivity contribution is 0.705. The van der Waals surface area contributed by atoms with Crippen LogP contribution in [-0.2, 0) is 6.42 Å². The van der Waals surface area contributed by atoms with Crippen molar-refractivity contribution in [2.75, 3.05) is 41.3 Å². The number of anilines is 4. The second kappa shape index (κ2) is 6.71. The number of benzene rings is 1. The highest BCUT2D eigenvalue weighted by molar-refractivity contribution is 5.66. The lowest BCUT2D eigenvalue weighted by Gasteiger charge is -2.30. The molecule has 2 aliphatic heterocycles. The third-order valence-electron chi connectivity index (χ3n) is 5.17. The molecule has 4 nitrogen and oxygen atoms in total. The number of nitrogens with zero attached hydrogens (tertiary/aromatic N) is 3. The van der Waals surface area contributed by atoms with Crippen molar-refractivity contribution in [1.82, 2.24) is 4.98 Å². The van der Waals surface area contributed by atoms with E-state index < -0.39 is 0 Å². The van der Waals surface area contributed by atoms with Crippen molar-refractivity contribution in [3.05, 3.63) is 42.1 Å². The normalized spacial score (nSPS) is 17.0. The number of aromatic nitrogens is 1. The van der Waals surface area contributed by atoms with Gasteiger partial charge in [0.1, 0.15) is 5.82 Å². The molecule has 126 valence electrons. The highest BCUT2D eigenvalue weighted by Gasteiger charge is 2.16. The predicted molar refractivity (Wildman–Crippen MR) is 102 cm³/mol. The molecule has 0 saturated carbocycles. The highest BCUT2D eigenvalue weighted by Crippen LogP contribution is 2.30. The van der Waals surface area contributed by atoms with Crippen LogP contribution in [0.5, 0.6) is 0 Å². The molecule has 1 aromatic carbocycles. The van der Waals surface area contributed by atoms with Gasteiger partial charge in [-0.3, -0.25) is 0 Å². The van der Waals surface area contributed by atoms with E-state index in [1.54, 1.807) is 0 Å². The summed E-state index contributed by atoms with van der Waals surface area (Å²) in [6.07, 6.45) is 7.04. The number of pyridine rings is 1. The Hall–Kier alpha value is -2.23. The Labute approximate surface area is 144 Å². The van der Waals surface area contributed by atoms with Crippen molar-refractivity contribution >= 4 is 22.9 Å². The Morgan fingerprint density at radius 1 is 1.04 bits per heavy atom. The molecular weight excluding hydrogens is 296 g/mol. The fourth-order valence-electron chi connectivity index (χ4n) is 3.82. The standard InChI is InChI=1S/C20H26N4/c1-2-23-13-5-6-16-15-21-20(14-19(16)23)22-17-7-9-18(10-8-17)24-11-3-4-12-24/h7-10,14-15H,2-6,11-13H2,1H3,(H,21,22). The Balaban J connectivity index is 1.50. The second-order valence-electron chi connectivity index (χ2n) is 6.75. The van der Waals surface area contributed by atoms with Crippen molar-refractivity contribution in [3.8, 4) is 0 Å². The fraction of sp³-hybridized carbons (Fsp3) is 0.450. The molecule has 4 rings (SSSR count). The van der Waals surface area contributed by atoms with Crippen LogP contribution in [-0.4, -0.2) is 31.2 Å². The summed E-state index contributed by atoms with van der Waals surface area (Å²) in [5, 5.41) is 3.46. The average molecular weight is 322 g/mol. The fourth-order valence-corrected chi connectivity index (χ4v) is 3.82. The molecule has 0 radical (unpaired) electrons. The van der Waals surface area contributed by atoms with E-state index in [1.807, 2.05) is 6.20 Å². The molecule has 4 heteroatoms. The molecule has 0 amide bonds. The molecule has 2 aliphatic rings. The summed E-state index contributed by atoms with van der Waals surface area (Å²) in [4.78, 5) is 9.51. The van der Waals surface area contributed by atoms with Gasteiger partial charge in [0.05, 0.1) is 0 Å². The molecular formula is C20H26N4. The van der Waals surface area contributed by atoms with Gasteiger partial charge in [-0.25, -0.2) is 4.98 Å². The topological polar surface area (TPSA) is 31.4 Å². The number of rotatable bonds is 4. The minimum Gasteiger partial charge on any atom is -0.372 e. The maximum absolute atomic E-state index is 4.61. The first kappa shape index (κ1) is 15.3. The van der Waals surface area contributed by atoms with Crippen molar-refractivity contribution in [2.45, 2.75) is 32.6 Å². The maximum atomic E-state index is 4.61. The molecule has 3 heterocycles. The summed E-state index contributed by atoms with van der Waals surface area (Å²) in [6, 6.07) is 10.9. The van der Waals surface area contributed by atoms with E-state index in [0.29, 0.717) is 0 Å². The molecule has 1 saturated heterocycles. The first-order valence-electron chi connectivity index (χ1n) is 9.19. The molecule has 2 aromatic rings. The van der Waals surface area contributed by atoms with E-state index in [2.05, 4.69) is 57.4 Å². The molecule has 0 bridgehead atoms. The molecule has 0 unspecified atom stereocenters. The Kier molecular flexibility index (Phi) is 4.28. The molecule has 1 N–H and O–H groups in total. The summed E-state index contributed by atoms with van der Waals surface area (Å²) in [7, 11) is 0. The quantitative estimate of drug-likeness (QED) is 0.914. The molecule has 0 aliphatic carbocycles. The maximum Gasteiger partial charge on any atom is 0.132 e. The van der Waals surface area contributed by atoms with Crippen LogP contribution in [0.2, 0.25) is 0 Å². The first-order chi connectivity index (χ1) is 11.8. The van der Waals surface area contributed by atoms with Crippen LogP contribution in [0.3, 0.4) is 0 Å². The smallest absolute Gasteiger partial charge is 0.132 e. The van der Waals surface area contributed by atoms with Gasteiger partial charge < -0.3 is 15.1 Å². The van der Waals surface area contributed by atoms with Gasteiger partial charge >= 0.3 is 0 Å². The van der Waals surface area contributed by atoms with Crippen LogP contribution >= 0.6 is 0 Å². The van der Waals surface area contributed by atoms with Crippen LogP contribution in [0, 0.1) is 0 Å². The van der Waals surface area contributed by atoms with Gasteiger partial charge in [0.25, 0.3) is 0 Å². The van der Waals surface area contributed by atoms with Gasteiger partial charge in [0.15, 0.2) is 0 Å². The summed E-state index contributed by atoms with van der Waals surface area (Å²) >= 11 is 0. The number of fused-ring (bicyclic) bond motifs is 1. The monoisotopic (exact) mass is 322 g/mol. The van der Waals surface area contributed by atoms with Gasteiger partial charge in [-0.1, -0.05) is 0 Å². The number of hydrogen-bond acceptors (Lipinski definition) is 4. The minimum absolute atomic E-state index is 0.933. The van der Waals surface area contributed by atoms with Crippen molar-refractivity contribution in [2.24, 2.45) is 0 Å². The van der Waals surface area contributed by atoms with Crippen LogP contribution < -0.4 is 15.1 Å². The zero-order valence-corrected chi connectivity index (χ0v) is 14.5. The molecule has 24 heavy (non-hydrogen) atoms. The lowest BCUT2D eigenvalue weighted by Crippen LogP contribution is -2.29. The predicted octanol–water partition coefficient (Wildman–Crippen LogP) is 4.20. The minimum atomic E-state index is 0.933. The van der Waals surface area contributed by atoms with Crippen molar-refractivity contribution < 1.29 is 0 Å². The van der Waals surface area contributed by atoms with E-state index >= 15 is 0 Å². The summed E-state index contributed by atoms with van der Waals surface area (Å²) in [5.74, 6) is 0.933. The Morgan fingerprint density at radius 2 is 1.83 bits per heavy atom. The van der Waals surface area contributed by atoms with Gasteiger partial charge in [0, 0.05) is 55.5 Å². The number of nitrogens with one attached hydrogen (secondary N) is 1. The zero-order valence-electron chi connectivity index (χ0n) is 14.5. The van der Waals surface area contributed by atoms with E-state index in [-0.39, 0.29) is 0 Å². The van der Waals surface area contributed by atoms with Crippen LogP contribution in [0.1, 0.15) is 31.7 Å². The third kappa shape index (κ3) is 3.05. The molecule has 0 atom stereocenters. The molecule has 0 spiro atoms. The third-order valence-corrected chi connectivity index (χ3v) is 5.17. The van der Waals surface area contributed by atoms with Gasteiger partial charge in [-0.05, 0) is 62.4 Å². The van der Waals surface area contributed by atoms with Crippen LogP contribution in [0.25, 0.3) is 0 Å². The number of aryl methyl sites for hydroxylation is 1. The second-order valence-corrected chi connectivity index (χ2v) is 6.75. The largest absolute Gasteiger partial charge is 0.372 e. The highest BCUT2D eigenvalue weighted by atomic mass is 15.1. The SMILES string of the molecule is CCN1CCCc2cnc(Nc3ccc(N4CCCC4)cc3)cc21. The van der Waals surface area contributed by atoms with Gasteiger partial charge in [-0.2, -0.15) is 0 Å². The van der Waals surface area contributed by atoms with Gasteiger partial charge in [0.2, 0.25) is 0 Å². The summed E-state index contributed by atoms with van der Waals surface area (Å²) < 4.78 is 0. The zero-order chi connectivity index (χ0) is 16.4. The number of hydrogen-bond donors (Lipinski definition) is 1. The molecule has 1 fully saturated rings. The first-order valence-corrected chi connectivity index (χ1v) is 9.19. The van der Waals surface area contributed by atoms with E-state index in [1.165, 1.54) is 49.3 Å². The van der Waals surface area contributed by atoms with Gasteiger partial charge in [-0.15, -0.1) is 0 Å². The molecule has 1 aromatic heterocycles. The van der Waals surface area contributed by atoms with Crippen molar-refractivity contribution in [1.29, 1.82) is 0 Å². The summed E-state index contributed by atoms with van der Waals surface area (Å²) in [5.41, 5.74) is 5.14. The van der Waals surface area contributed by atoms with Crippen LogP contribution in [0.15, 0.2) is 36.5 Å². The van der Waals surface area contributed by atoms with E-state index in [9.17, 15) is 0 Å². The average Bonchev–Trinajstić information content (AvgIpc) is 3.16. The van der Waals surface area contributed by atoms with Crippen molar-refractivity contribution in [3.63, 3.8) is 0 Å². The van der Waals surface area contributed by atoms with E-state index in [4.69, 9.17) is 0 Å². The Morgan fingerprint density at radius 3 is 2.58 bits per heavy atom. The summed E-state index contributed by atoms with van der Waals surface area (Å²) in [6.45, 7) is 6.80.